The molecule has 0 aliphatic carbocycles. The lowest BCUT2D eigenvalue weighted by Gasteiger charge is -2.23. The predicted octanol–water partition coefficient (Wildman–Crippen LogP) is 2.69. The Bertz CT molecular complexity index is 383. The van der Waals surface area contributed by atoms with Gasteiger partial charge in [0.15, 0.2) is 0 Å². The molecule has 1 rings (SSSR count). The van der Waals surface area contributed by atoms with Crippen LogP contribution in [0.1, 0.15) is 33.3 Å². The zero-order valence-electron chi connectivity index (χ0n) is 10.8. The Balaban J connectivity index is 0.00000256. The summed E-state index contributed by atoms with van der Waals surface area (Å²) < 4.78 is 0. The number of hydrogen-bond acceptors (Lipinski definition) is 2. The number of carbonyl (C=O) groups is 1. The quantitative estimate of drug-likeness (QED) is 0.855. The van der Waals surface area contributed by atoms with Crippen LogP contribution in [0.4, 0.5) is 5.69 Å². The van der Waals surface area contributed by atoms with Gasteiger partial charge in [-0.15, -0.1) is 12.4 Å². The maximum atomic E-state index is 11.6. The summed E-state index contributed by atoms with van der Waals surface area (Å²) in [6, 6.07) is 7.32. The first-order valence-electron chi connectivity index (χ1n) is 5.48. The molecule has 1 aromatic rings. The van der Waals surface area contributed by atoms with Gasteiger partial charge in [-0.3, -0.25) is 4.79 Å². The fourth-order valence-electron chi connectivity index (χ4n) is 1.49. The Hall–Kier alpha value is -1.06. The number of nitrogens with one attached hydrogen (secondary N) is 1. The standard InChI is InChI=1S/C13H20N2O.ClH/c1-9(14)12(16)15-11-8-6-5-7-10(11)13(2,3)4;/h5-9H,14H2,1-4H3,(H,15,16);1H. The van der Waals surface area contributed by atoms with Gasteiger partial charge < -0.3 is 11.1 Å². The lowest BCUT2D eigenvalue weighted by molar-refractivity contribution is -0.117. The van der Waals surface area contributed by atoms with Gasteiger partial charge in [0.1, 0.15) is 0 Å². The van der Waals surface area contributed by atoms with Gasteiger partial charge in [0, 0.05) is 5.69 Å². The minimum Gasteiger partial charge on any atom is -0.324 e. The average molecular weight is 257 g/mol. The van der Waals surface area contributed by atoms with E-state index in [4.69, 9.17) is 5.73 Å². The highest BCUT2D eigenvalue weighted by Gasteiger charge is 2.19. The van der Waals surface area contributed by atoms with Crippen molar-refractivity contribution in [3.05, 3.63) is 29.8 Å². The Morgan fingerprint density at radius 3 is 2.29 bits per heavy atom. The molecule has 0 bridgehead atoms. The molecule has 0 spiro atoms. The van der Waals surface area contributed by atoms with E-state index in [1.807, 2.05) is 24.3 Å². The third-order valence-corrected chi connectivity index (χ3v) is 2.41. The summed E-state index contributed by atoms with van der Waals surface area (Å²) in [4.78, 5) is 11.6. The van der Waals surface area contributed by atoms with Gasteiger partial charge in [0.2, 0.25) is 5.91 Å². The maximum Gasteiger partial charge on any atom is 0.241 e. The molecule has 1 amide bonds. The van der Waals surface area contributed by atoms with Gasteiger partial charge in [-0.05, 0) is 24.0 Å². The molecular formula is C13H21ClN2O. The van der Waals surface area contributed by atoms with Gasteiger partial charge in [0.25, 0.3) is 0 Å². The zero-order chi connectivity index (χ0) is 12.3. The van der Waals surface area contributed by atoms with Gasteiger partial charge in [0.05, 0.1) is 6.04 Å². The Morgan fingerprint density at radius 2 is 1.82 bits per heavy atom. The minimum atomic E-state index is -0.493. The highest BCUT2D eigenvalue weighted by molar-refractivity contribution is 5.95. The van der Waals surface area contributed by atoms with Crippen LogP contribution in [0.3, 0.4) is 0 Å². The first-order chi connectivity index (χ1) is 7.32. The summed E-state index contributed by atoms with van der Waals surface area (Å²) in [6.45, 7) is 8.02. The van der Waals surface area contributed by atoms with E-state index in [1.165, 1.54) is 0 Å². The number of anilines is 1. The van der Waals surface area contributed by atoms with Crippen molar-refractivity contribution in [2.45, 2.75) is 39.2 Å². The fourth-order valence-corrected chi connectivity index (χ4v) is 1.49. The number of benzene rings is 1. The van der Waals surface area contributed by atoms with E-state index in [1.54, 1.807) is 6.92 Å². The Labute approximate surface area is 109 Å². The normalized spacial score (nSPS) is 12.5. The number of carbonyl (C=O) groups excluding carboxylic acids is 1. The van der Waals surface area contributed by atoms with E-state index in [0.717, 1.165) is 11.3 Å². The molecule has 0 aromatic heterocycles. The van der Waals surface area contributed by atoms with Crippen LogP contribution in [-0.4, -0.2) is 11.9 Å². The average Bonchev–Trinajstić information content (AvgIpc) is 2.16. The molecule has 0 aliphatic heterocycles. The van der Waals surface area contributed by atoms with Crippen LogP contribution >= 0.6 is 12.4 Å². The molecule has 1 unspecified atom stereocenters. The van der Waals surface area contributed by atoms with E-state index in [2.05, 4.69) is 26.1 Å². The second kappa shape index (κ2) is 6.03. The number of rotatable bonds is 2. The molecule has 0 saturated carbocycles. The van der Waals surface area contributed by atoms with Crippen LogP contribution in [0.5, 0.6) is 0 Å². The molecule has 96 valence electrons. The lowest BCUT2D eigenvalue weighted by atomic mass is 9.86. The molecule has 0 heterocycles. The number of amides is 1. The van der Waals surface area contributed by atoms with E-state index >= 15 is 0 Å². The number of halogens is 1. The van der Waals surface area contributed by atoms with Gasteiger partial charge >= 0.3 is 0 Å². The van der Waals surface area contributed by atoms with Crippen molar-refractivity contribution in [2.75, 3.05) is 5.32 Å². The van der Waals surface area contributed by atoms with Gasteiger partial charge in [-0.2, -0.15) is 0 Å². The molecular weight excluding hydrogens is 236 g/mol. The van der Waals surface area contributed by atoms with Crippen molar-refractivity contribution in [3.8, 4) is 0 Å². The molecule has 4 heteroatoms. The Morgan fingerprint density at radius 1 is 1.29 bits per heavy atom. The molecule has 3 N–H and O–H groups in total. The number of nitrogens with two attached hydrogens (primary N) is 1. The first kappa shape index (κ1) is 15.9. The first-order valence-corrected chi connectivity index (χ1v) is 5.48. The minimum absolute atomic E-state index is 0. The molecule has 1 atom stereocenters. The van der Waals surface area contributed by atoms with Gasteiger partial charge in [-0.25, -0.2) is 0 Å². The Kier molecular flexibility index (Phi) is 5.66. The second-order valence-corrected chi connectivity index (χ2v) is 5.07. The van der Waals surface area contributed by atoms with E-state index < -0.39 is 6.04 Å². The maximum absolute atomic E-state index is 11.6. The molecule has 0 aliphatic rings. The summed E-state index contributed by atoms with van der Waals surface area (Å²) in [5.74, 6) is -0.156. The third-order valence-electron chi connectivity index (χ3n) is 2.41. The van der Waals surface area contributed by atoms with Crippen LogP contribution in [-0.2, 0) is 10.2 Å². The summed E-state index contributed by atoms with van der Waals surface area (Å²) in [7, 11) is 0. The number of hydrogen-bond donors (Lipinski definition) is 2. The summed E-state index contributed by atoms with van der Waals surface area (Å²) in [5.41, 5.74) is 7.49. The van der Waals surface area contributed by atoms with E-state index in [0.29, 0.717) is 0 Å². The summed E-state index contributed by atoms with van der Waals surface area (Å²) >= 11 is 0. The monoisotopic (exact) mass is 256 g/mol. The summed E-state index contributed by atoms with van der Waals surface area (Å²) in [5, 5.41) is 2.85. The van der Waals surface area contributed by atoms with Gasteiger partial charge in [-0.1, -0.05) is 39.0 Å². The molecule has 0 radical (unpaired) electrons. The van der Waals surface area contributed by atoms with Crippen LogP contribution in [0, 0.1) is 0 Å². The van der Waals surface area contributed by atoms with Crippen molar-refractivity contribution in [2.24, 2.45) is 5.73 Å². The molecule has 1 aromatic carbocycles. The zero-order valence-corrected chi connectivity index (χ0v) is 11.6. The molecule has 3 nitrogen and oxygen atoms in total. The topological polar surface area (TPSA) is 55.1 Å². The van der Waals surface area contributed by atoms with Crippen molar-refractivity contribution in [1.82, 2.24) is 0 Å². The highest BCUT2D eigenvalue weighted by atomic mass is 35.5. The SMILES string of the molecule is CC(N)C(=O)Nc1ccccc1C(C)(C)C.Cl. The van der Waals surface area contributed by atoms with Crippen LogP contribution in [0.15, 0.2) is 24.3 Å². The third kappa shape index (κ3) is 4.36. The largest absolute Gasteiger partial charge is 0.324 e. The molecule has 17 heavy (non-hydrogen) atoms. The second-order valence-electron chi connectivity index (χ2n) is 5.07. The van der Waals surface area contributed by atoms with Crippen molar-refractivity contribution in [3.63, 3.8) is 0 Å². The summed E-state index contributed by atoms with van der Waals surface area (Å²) in [6.07, 6.45) is 0. The molecule has 0 fully saturated rings. The van der Waals surface area contributed by atoms with Crippen LogP contribution < -0.4 is 11.1 Å². The molecule has 0 saturated heterocycles. The predicted molar refractivity (Wildman–Crippen MR) is 74.7 cm³/mol. The number of para-hydroxylation sites is 1. The highest BCUT2D eigenvalue weighted by Crippen LogP contribution is 2.29. The van der Waals surface area contributed by atoms with Crippen molar-refractivity contribution < 1.29 is 4.79 Å². The smallest absolute Gasteiger partial charge is 0.241 e. The lowest BCUT2D eigenvalue weighted by Crippen LogP contribution is -2.33. The van der Waals surface area contributed by atoms with E-state index in [-0.39, 0.29) is 23.7 Å². The van der Waals surface area contributed by atoms with Crippen LogP contribution in [0.25, 0.3) is 0 Å². The van der Waals surface area contributed by atoms with E-state index in [9.17, 15) is 4.79 Å². The van der Waals surface area contributed by atoms with Crippen molar-refractivity contribution in [1.29, 1.82) is 0 Å². The van der Waals surface area contributed by atoms with Crippen molar-refractivity contribution >= 4 is 24.0 Å². The van der Waals surface area contributed by atoms with Crippen LogP contribution in [0.2, 0.25) is 0 Å². The fraction of sp³-hybridized carbons (Fsp3) is 0.462.